The Morgan fingerprint density at radius 2 is 1.67 bits per heavy atom. The molecule has 1 aliphatic heterocycles. The first-order chi connectivity index (χ1) is 16.0. The number of hydrogen-bond acceptors (Lipinski definition) is 7. The summed E-state index contributed by atoms with van der Waals surface area (Å²) in [5.74, 6) is 1.14. The van der Waals surface area contributed by atoms with Crippen molar-refractivity contribution in [3.8, 4) is 0 Å². The zero-order valence-corrected chi connectivity index (χ0v) is 20.2. The minimum absolute atomic E-state index is 0.0330. The van der Waals surface area contributed by atoms with Gasteiger partial charge in [0.1, 0.15) is 6.10 Å². The molecular formula is C25H40N4O4. The number of esters is 1. The maximum absolute atomic E-state index is 11.9. The zero-order chi connectivity index (χ0) is 23.6. The van der Waals surface area contributed by atoms with Gasteiger partial charge in [0.05, 0.1) is 12.1 Å². The quantitative estimate of drug-likeness (QED) is 0.507. The molecule has 1 aromatic heterocycles. The number of anilines is 1. The van der Waals surface area contributed by atoms with Crippen molar-refractivity contribution in [2.45, 2.75) is 77.7 Å². The summed E-state index contributed by atoms with van der Waals surface area (Å²) in [4.78, 5) is 33.2. The van der Waals surface area contributed by atoms with E-state index >= 15 is 0 Å². The Kier molecular flexibility index (Phi) is 9.91. The molecule has 4 rings (SSSR count). The fourth-order valence-electron chi connectivity index (χ4n) is 5.01. The van der Waals surface area contributed by atoms with Crippen LogP contribution in [0.5, 0.6) is 0 Å². The number of aromatic nitrogens is 2. The molecule has 2 heterocycles. The molecule has 0 radical (unpaired) electrons. The lowest BCUT2D eigenvalue weighted by Crippen LogP contribution is -2.32. The Bertz CT molecular complexity index is 730. The van der Waals surface area contributed by atoms with Gasteiger partial charge in [-0.15, -0.1) is 0 Å². The van der Waals surface area contributed by atoms with Crippen LogP contribution in [0.15, 0.2) is 12.4 Å². The van der Waals surface area contributed by atoms with Crippen LogP contribution in [0, 0.1) is 17.8 Å². The van der Waals surface area contributed by atoms with E-state index in [0.717, 1.165) is 38.9 Å². The second-order valence-electron chi connectivity index (χ2n) is 9.53. The van der Waals surface area contributed by atoms with Gasteiger partial charge in [0, 0.05) is 25.5 Å². The van der Waals surface area contributed by atoms with Crippen molar-refractivity contribution < 1.29 is 19.4 Å². The van der Waals surface area contributed by atoms with Gasteiger partial charge in [0.2, 0.25) is 5.95 Å². The molecule has 3 atom stereocenters. The van der Waals surface area contributed by atoms with Crippen LogP contribution >= 0.6 is 0 Å². The van der Waals surface area contributed by atoms with Crippen molar-refractivity contribution in [3.63, 3.8) is 0 Å². The van der Waals surface area contributed by atoms with Crippen LogP contribution in [0.25, 0.3) is 0 Å². The highest BCUT2D eigenvalue weighted by Crippen LogP contribution is 2.51. The molecule has 2 N–H and O–H groups in total. The molecule has 3 unspecified atom stereocenters. The number of ether oxygens (including phenoxy) is 1. The molecule has 0 spiro atoms. The normalized spacial score (nSPS) is 24.3. The number of carboxylic acids is 1. The van der Waals surface area contributed by atoms with Gasteiger partial charge < -0.3 is 20.1 Å². The number of fused-ring (bicyclic) bond motifs is 1. The number of piperidine rings is 1. The van der Waals surface area contributed by atoms with E-state index in [1.165, 1.54) is 50.9 Å². The summed E-state index contributed by atoms with van der Waals surface area (Å²) in [7, 11) is 0. The van der Waals surface area contributed by atoms with E-state index in [4.69, 9.17) is 9.84 Å². The number of hydrogen-bond donors (Lipinski definition) is 2. The fourth-order valence-corrected chi connectivity index (χ4v) is 5.01. The predicted molar refractivity (Wildman–Crippen MR) is 127 cm³/mol. The topological polar surface area (TPSA) is 105 Å². The van der Waals surface area contributed by atoms with Gasteiger partial charge in [-0.1, -0.05) is 58.8 Å². The third kappa shape index (κ3) is 7.66. The van der Waals surface area contributed by atoms with Gasteiger partial charge in [-0.05, 0) is 37.1 Å². The number of carboxylic acid groups (broad SMARTS) is 1. The second kappa shape index (κ2) is 12.9. The standard InChI is InChI=1S/C19H28N4O4.C6H12/c1-3-5-13(4-2)27-17(24)9-20-8-14-15-10-23(11-16(14)15)19-21-6-12(7-22-19)18(25)26;1-2-4-6-5-3-1/h6-7,13-16,20H,3-5,8-11H2,1-2H3,(H,25,26);1-6H2. The summed E-state index contributed by atoms with van der Waals surface area (Å²) in [6, 6.07) is 0. The summed E-state index contributed by atoms with van der Waals surface area (Å²) in [5.41, 5.74) is 0.0984. The van der Waals surface area contributed by atoms with E-state index in [9.17, 15) is 9.59 Å². The molecule has 1 saturated heterocycles. The Balaban J connectivity index is 0.000000442. The molecule has 1 aromatic rings. The highest BCUT2D eigenvalue weighted by molar-refractivity contribution is 5.86. The van der Waals surface area contributed by atoms with Crippen LogP contribution in [0.2, 0.25) is 0 Å². The third-order valence-electron chi connectivity index (χ3n) is 7.05. The molecule has 8 nitrogen and oxygen atoms in total. The molecule has 0 amide bonds. The van der Waals surface area contributed by atoms with Gasteiger partial charge in [0.25, 0.3) is 0 Å². The number of carbonyl (C=O) groups is 2. The van der Waals surface area contributed by atoms with Crippen LogP contribution in [-0.4, -0.2) is 59.3 Å². The van der Waals surface area contributed by atoms with Crippen molar-refractivity contribution in [2.24, 2.45) is 17.8 Å². The Morgan fingerprint density at radius 1 is 1.09 bits per heavy atom. The molecule has 0 bridgehead atoms. The predicted octanol–water partition coefficient (Wildman–Crippen LogP) is 3.91. The van der Waals surface area contributed by atoms with E-state index in [1.807, 2.05) is 6.92 Å². The highest BCUT2D eigenvalue weighted by atomic mass is 16.5. The first kappa shape index (κ1) is 25.4. The SMILES string of the molecule is C1CCCCC1.CCCC(CC)OC(=O)CNCC1C2CN(c3ncc(C(=O)O)cn3)CC12. The number of rotatable bonds is 10. The molecule has 3 aliphatic rings. The Labute approximate surface area is 197 Å². The number of carbonyl (C=O) groups excluding carboxylic acids is 1. The molecule has 33 heavy (non-hydrogen) atoms. The maximum atomic E-state index is 11.9. The lowest BCUT2D eigenvalue weighted by molar-refractivity contribution is -0.148. The smallest absolute Gasteiger partial charge is 0.338 e. The minimum Gasteiger partial charge on any atom is -0.478 e. The average molecular weight is 461 g/mol. The number of nitrogens with one attached hydrogen (secondary N) is 1. The van der Waals surface area contributed by atoms with Gasteiger partial charge in [-0.3, -0.25) is 4.79 Å². The average Bonchev–Trinajstić information content (AvgIpc) is 3.28. The lowest BCUT2D eigenvalue weighted by Gasteiger charge is -2.20. The van der Waals surface area contributed by atoms with Crippen LogP contribution in [0.3, 0.4) is 0 Å². The highest BCUT2D eigenvalue weighted by Gasteiger charge is 2.55. The molecule has 184 valence electrons. The number of aromatic carboxylic acids is 1. The fraction of sp³-hybridized carbons (Fsp3) is 0.760. The van der Waals surface area contributed by atoms with Gasteiger partial charge in [0.15, 0.2) is 0 Å². The van der Waals surface area contributed by atoms with Crippen LogP contribution in [-0.2, 0) is 9.53 Å². The molecule has 8 heteroatoms. The Morgan fingerprint density at radius 3 is 2.15 bits per heavy atom. The van der Waals surface area contributed by atoms with Crippen LogP contribution in [0.1, 0.15) is 82.0 Å². The van der Waals surface area contributed by atoms with E-state index in [0.29, 0.717) is 23.7 Å². The summed E-state index contributed by atoms with van der Waals surface area (Å²) in [5, 5.41) is 12.1. The third-order valence-corrected chi connectivity index (χ3v) is 7.05. The molecule has 2 aliphatic carbocycles. The van der Waals surface area contributed by atoms with E-state index in [2.05, 4.69) is 27.1 Å². The largest absolute Gasteiger partial charge is 0.478 e. The van der Waals surface area contributed by atoms with Gasteiger partial charge in [-0.25, -0.2) is 14.8 Å². The zero-order valence-electron chi connectivity index (χ0n) is 20.2. The van der Waals surface area contributed by atoms with E-state index in [1.54, 1.807) is 0 Å². The summed E-state index contributed by atoms with van der Waals surface area (Å²) < 4.78 is 5.47. The first-order valence-corrected chi connectivity index (χ1v) is 12.7. The van der Waals surface area contributed by atoms with Crippen LogP contribution < -0.4 is 10.2 Å². The summed E-state index contributed by atoms with van der Waals surface area (Å²) >= 11 is 0. The summed E-state index contributed by atoms with van der Waals surface area (Å²) in [6.07, 6.45) is 14.5. The van der Waals surface area contributed by atoms with Crippen molar-refractivity contribution in [1.82, 2.24) is 15.3 Å². The first-order valence-electron chi connectivity index (χ1n) is 12.7. The van der Waals surface area contributed by atoms with Crippen molar-refractivity contribution in [1.29, 1.82) is 0 Å². The van der Waals surface area contributed by atoms with Gasteiger partial charge >= 0.3 is 11.9 Å². The second-order valence-corrected chi connectivity index (χ2v) is 9.53. The maximum Gasteiger partial charge on any atom is 0.338 e. The van der Waals surface area contributed by atoms with E-state index in [-0.39, 0.29) is 24.2 Å². The van der Waals surface area contributed by atoms with Gasteiger partial charge in [-0.2, -0.15) is 0 Å². The van der Waals surface area contributed by atoms with Crippen molar-refractivity contribution >= 4 is 17.9 Å². The number of nitrogens with zero attached hydrogens (tertiary/aromatic N) is 3. The molecular weight excluding hydrogens is 420 g/mol. The molecule has 0 aromatic carbocycles. The minimum atomic E-state index is -1.02. The van der Waals surface area contributed by atoms with Crippen LogP contribution in [0.4, 0.5) is 5.95 Å². The van der Waals surface area contributed by atoms with Crippen molar-refractivity contribution in [3.05, 3.63) is 18.0 Å². The molecule has 2 saturated carbocycles. The van der Waals surface area contributed by atoms with E-state index < -0.39 is 5.97 Å². The summed E-state index contributed by atoms with van der Waals surface area (Å²) in [6.45, 7) is 6.97. The monoisotopic (exact) mass is 460 g/mol. The van der Waals surface area contributed by atoms with Crippen molar-refractivity contribution in [2.75, 3.05) is 31.1 Å². The lowest BCUT2D eigenvalue weighted by atomic mass is 10.0. The molecule has 3 fully saturated rings. The Hall–Kier alpha value is -2.22.